The first kappa shape index (κ1) is 29.7. The number of nitrogens with zero attached hydrogens (tertiary/aromatic N) is 2. The molecule has 2 aromatic carbocycles. The molecule has 2 aliphatic rings. The van der Waals surface area contributed by atoms with Gasteiger partial charge in [-0.05, 0) is 42.5 Å². The number of rotatable bonds is 7. The zero-order chi connectivity index (χ0) is 29.2. The van der Waals surface area contributed by atoms with Crippen LogP contribution in [0.15, 0.2) is 36.4 Å². The molecule has 1 fully saturated rings. The van der Waals surface area contributed by atoms with E-state index < -0.39 is 24.1 Å². The van der Waals surface area contributed by atoms with Crippen LogP contribution in [-0.2, 0) is 19.1 Å². The van der Waals surface area contributed by atoms with Crippen LogP contribution in [0.5, 0.6) is 11.5 Å². The fourth-order valence-corrected chi connectivity index (χ4v) is 5.55. The largest absolute Gasteiger partial charge is 0.493 e. The summed E-state index contributed by atoms with van der Waals surface area (Å²) in [6, 6.07) is 10.8. The summed E-state index contributed by atoms with van der Waals surface area (Å²) in [6.45, 7) is 7.15. The van der Waals surface area contributed by atoms with Gasteiger partial charge in [0, 0.05) is 41.5 Å². The first-order valence-corrected chi connectivity index (χ1v) is 13.8. The third-order valence-corrected chi connectivity index (χ3v) is 7.55. The first-order chi connectivity index (χ1) is 18.9. The monoisotopic (exact) mass is 572 g/mol. The number of fused-ring (bicyclic) bond motifs is 1. The van der Waals surface area contributed by atoms with Crippen LogP contribution in [0, 0.1) is 11.3 Å². The molecule has 0 aliphatic carbocycles. The Hall–Kier alpha value is -3.30. The van der Waals surface area contributed by atoms with Crippen molar-refractivity contribution >= 4 is 35.1 Å². The predicted octanol–water partition coefficient (Wildman–Crippen LogP) is 4.94. The number of para-hydroxylation sites is 1. The molecule has 0 unspecified atom stereocenters. The zero-order valence-corrected chi connectivity index (χ0v) is 24.4. The molecule has 2 aliphatic heterocycles. The first-order valence-electron chi connectivity index (χ1n) is 13.4. The van der Waals surface area contributed by atoms with Crippen molar-refractivity contribution in [2.45, 2.75) is 52.2 Å². The van der Waals surface area contributed by atoms with Crippen LogP contribution in [-0.4, -0.2) is 67.7 Å². The van der Waals surface area contributed by atoms with Crippen LogP contribution in [0.3, 0.4) is 0 Å². The van der Waals surface area contributed by atoms with E-state index in [0.717, 1.165) is 0 Å². The number of methoxy groups -OCH3 is 2. The minimum atomic E-state index is -1.10. The standard InChI is InChI=1S/C30H37ClN2O7/c1-30(2,3)17-33-22-10-9-19(31)15-21(22)26(20-7-6-8-23(38-4)27(20)39-5)40-24(28(33)35)16-25(34)32-13-11-18(12-14-32)29(36)37/h6-10,15,18,24,26H,11-14,16-17H2,1-5H3,(H,36,37)/t24-,26-/m0/s1. The van der Waals surface area contributed by atoms with Crippen molar-refractivity contribution in [2.75, 3.05) is 38.8 Å². The molecule has 0 aromatic heterocycles. The van der Waals surface area contributed by atoms with Crippen molar-refractivity contribution in [1.29, 1.82) is 0 Å². The number of hydrogen-bond donors (Lipinski definition) is 1. The molecule has 40 heavy (non-hydrogen) atoms. The molecule has 2 heterocycles. The number of carbonyl (C=O) groups excluding carboxylic acids is 2. The normalized spacial score (nSPS) is 20.1. The number of aliphatic carboxylic acids is 1. The average Bonchev–Trinajstić information content (AvgIpc) is 3.02. The predicted molar refractivity (Wildman–Crippen MR) is 151 cm³/mol. The average molecular weight is 573 g/mol. The molecule has 1 N–H and O–H groups in total. The maximum absolute atomic E-state index is 14.1. The van der Waals surface area contributed by atoms with Crippen LogP contribution in [0.1, 0.15) is 57.3 Å². The second-order valence-corrected chi connectivity index (χ2v) is 11.9. The van der Waals surface area contributed by atoms with E-state index >= 15 is 0 Å². The van der Waals surface area contributed by atoms with Crippen LogP contribution in [0.2, 0.25) is 5.02 Å². The van der Waals surface area contributed by atoms with Gasteiger partial charge in [-0.3, -0.25) is 14.4 Å². The topological polar surface area (TPSA) is 106 Å². The number of anilines is 1. The third kappa shape index (κ3) is 6.36. The van der Waals surface area contributed by atoms with Crippen LogP contribution >= 0.6 is 11.6 Å². The van der Waals surface area contributed by atoms with Gasteiger partial charge in [0.25, 0.3) is 5.91 Å². The van der Waals surface area contributed by atoms with Gasteiger partial charge in [-0.25, -0.2) is 0 Å². The number of likely N-dealkylation sites (tertiary alicyclic amines) is 1. The Morgan fingerprint density at radius 2 is 1.77 bits per heavy atom. The lowest BCUT2D eigenvalue weighted by Crippen LogP contribution is -2.47. The third-order valence-electron chi connectivity index (χ3n) is 7.31. The molecule has 2 atom stereocenters. The second kappa shape index (κ2) is 12.1. The maximum atomic E-state index is 14.1. The summed E-state index contributed by atoms with van der Waals surface area (Å²) in [4.78, 5) is 42.3. The quantitative estimate of drug-likeness (QED) is 0.501. The highest BCUT2D eigenvalue weighted by Gasteiger charge is 2.41. The van der Waals surface area contributed by atoms with Crippen molar-refractivity contribution in [1.82, 2.24) is 4.90 Å². The van der Waals surface area contributed by atoms with E-state index in [1.54, 1.807) is 35.1 Å². The van der Waals surface area contributed by atoms with Crippen molar-refractivity contribution in [3.63, 3.8) is 0 Å². The van der Waals surface area contributed by atoms with E-state index in [1.807, 2.05) is 39.0 Å². The lowest BCUT2D eigenvalue weighted by Gasteiger charge is -2.33. The molecular weight excluding hydrogens is 536 g/mol. The summed E-state index contributed by atoms with van der Waals surface area (Å²) < 4.78 is 17.8. The molecule has 10 heteroatoms. The summed E-state index contributed by atoms with van der Waals surface area (Å²) in [5.41, 5.74) is 1.70. The van der Waals surface area contributed by atoms with Gasteiger partial charge in [-0.15, -0.1) is 0 Å². The summed E-state index contributed by atoms with van der Waals surface area (Å²) >= 11 is 6.47. The van der Waals surface area contributed by atoms with Crippen molar-refractivity contribution in [3.05, 3.63) is 52.5 Å². The number of carboxylic acid groups (broad SMARTS) is 1. The number of amides is 2. The molecule has 9 nitrogen and oxygen atoms in total. The van der Waals surface area contributed by atoms with Gasteiger partial charge in [-0.1, -0.05) is 44.5 Å². The molecule has 0 saturated carbocycles. The number of piperidine rings is 1. The smallest absolute Gasteiger partial charge is 0.306 e. The highest BCUT2D eigenvalue weighted by Crippen LogP contribution is 2.45. The molecule has 0 spiro atoms. The van der Waals surface area contributed by atoms with Crippen LogP contribution < -0.4 is 14.4 Å². The maximum Gasteiger partial charge on any atom is 0.306 e. The van der Waals surface area contributed by atoms with Crippen molar-refractivity contribution in [2.24, 2.45) is 11.3 Å². The number of carboxylic acids is 1. The van der Waals surface area contributed by atoms with E-state index in [0.29, 0.717) is 65.8 Å². The Balaban J connectivity index is 1.77. The molecular formula is C30H37ClN2O7. The van der Waals surface area contributed by atoms with Gasteiger partial charge in [0.2, 0.25) is 5.91 Å². The highest BCUT2D eigenvalue weighted by molar-refractivity contribution is 6.30. The van der Waals surface area contributed by atoms with E-state index in [1.165, 1.54) is 7.11 Å². The highest BCUT2D eigenvalue weighted by atomic mass is 35.5. The molecule has 2 amide bonds. The lowest BCUT2D eigenvalue weighted by atomic mass is 9.94. The minimum Gasteiger partial charge on any atom is -0.493 e. The number of carbonyl (C=O) groups is 3. The SMILES string of the molecule is COc1cccc([C@@H]2O[C@@H](CC(=O)N3CCC(C(=O)O)CC3)C(=O)N(CC(C)(C)C)c3ccc(Cl)cc32)c1OC. The molecule has 216 valence electrons. The summed E-state index contributed by atoms with van der Waals surface area (Å²) in [7, 11) is 3.08. The van der Waals surface area contributed by atoms with Gasteiger partial charge >= 0.3 is 5.97 Å². The van der Waals surface area contributed by atoms with E-state index in [9.17, 15) is 19.5 Å². The number of halogens is 1. The Morgan fingerprint density at radius 1 is 1.07 bits per heavy atom. The van der Waals surface area contributed by atoms with Crippen molar-refractivity contribution < 1.29 is 33.7 Å². The minimum absolute atomic E-state index is 0.179. The van der Waals surface area contributed by atoms with Gasteiger partial charge in [0.05, 0.1) is 26.6 Å². The fraction of sp³-hybridized carbons (Fsp3) is 0.500. The fourth-order valence-electron chi connectivity index (χ4n) is 5.37. The molecule has 0 bridgehead atoms. The van der Waals surface area contributed by atoms with Gasteiger partial charge in [0.1, 0.15) is 12.2 Å². The summed E-state index contributed by atoms with van der Waals surface area (Å²) in [6.07, 6.45) is -1.31. The zero-order valence-electron chi connectivity index (χ0n) is 23.6. The second-order valence-electron chi connectivity index (χ2n) is 11.5. The van der Waals surface area contributed by atoms with Crippen LogP contribution in [0.25, 0.3) is 0 Å². The summed E-state index contributed by atoms with van der Waals surface area (Å²) in [5, 5.41) is 9.81. The Kier molecular flexibility index (Phi) is 8.95. The summed E-state index contributed by atoms with van der Waals surface area (Å²) in [5.74, 6) is -0.929. The number of benzene rings is 2. The Labute approximate surface area is 239 Å². The van der Waals surface area contributed by atoms with Gasteiger partial charge < -0.3 is 29.1 Å². The van der Waals surface area contributed by atoms with Gasteiger partial charge in [0.15, 0.2) is 11.5 Å². The Morgan fingerprint density at radius 3 is 2.38 bits per heavy atom. The molecule has 2 aromatic rings. The molecule has 1 saturated heterocycles. The van der Waals surface area contributed by atoms with Crippen LogP contribution in [0.4, 0.5) is 5.69 Å². The number of ether oxygens (including phenoxy) is 3. The lowest BCUT2D eigenvalue weighted by molar-refractivity contribution is -0.148. The van der Waals surface area contributed by atoms with E-state index in [-0.39, 0.29) is 23.7 Å². The van der Waals surface area contributed by atoms with E-state index in [2.05, 4.69) is 0 Å². The van der Waals surface area contributed by atoms with Gasteiger partial charge in [-0.2, -0.15) is 0 Å². The van der Waals surface area contributed by atoms with Crippen molar-refractivity contribution in [3.8, 4) is 11.5 Å². The number of hydrogen-bond acceptors (Lipinski definition) is 6. The Bertz CT molecular complexity index is 1270. The molecule has 4 rings (SSSR count). The molecule has 0 radical (unpaired) electrons. The van der Waals surface area contributed by atoms with E-state index in [4.69, 9.17) is 25.8 Å².